The van der Waals surface area contributed by atoms with E-state index < -0.39 is 6.04 Å². The van der Waals surface area contributed by atoms with Gasteiger partial charge in [-0.2, -0.15) is 0 Å². The molecular weight excluding hydrogens is 499 g/mol. The number of ether oxygens (including phenoxy) is 1. The van der Waals surface area contributed by atoms with Crippen LogP contribution >= 0.6 is 0 Å². The van der Waals surface area contributed by atoms with Crippen LogP contribution in [0.5, 0.6) is 0 Å². The lowest BCUT2D eigenvalue weighted by molar-refractivity contribution is -0.126. The van der Waals surface area contributed by atoms with Gasteiger partial charge in [0, 0.05) is 50.4 Å². The molecule has 1 fully saturated rings. The molecule has 1 aliphatic heterocycles. The van der Waals surface area contributed by atoms with Crippen molar-refractivity contribution in [3.8, 4) is 0 Å². The molecule has 2 aromatic carbocycles. The van der Waals surface area contributed by atoms with Crippen LogP contribution in [0.2, 0.25) is 0 Å². The fourth-order valence-electron chi connectivity index (χ4n) is 4.77. The SMILES string of the molecule is CNC.Cc1cccc(NCc2cc(CN3CC(C)OC(C)C3)ccc2F)c1CN(C=O)C(C=O)CCC=O. The molecule has 1 heterocycles. The van der Waals surface area contributed by atoms with Crippen LogP contribution in [0.3, 0.4) is 0 Å². The van der Waals surface area contributed by atoms with E-state index in [-0.39, 0.29) is 44.0 Å². The fraction of sp³-hybridized carbons (Fsp3) is 0.500. The zero-order valence-electron chi connectivity index (χ0n) is 23.8. The smallest absolute Gasteiger partial charge is 0.210 e. The van der Waals surface area contributed by atoms with Crippen molar-refractivity contribution in [2.45, 2.75) is 71.5 Å². The van der Waals surface area contributed by atoms with Crippen LogP contribution in [-0.2, 0) is 38.8 Å². The van der Waals surface area contributed by atoms with Gasteiger partial charge in [0.15, 0.2) is 0 Å². The highest BCUT2D eigenvalue weighted by atomic mass is 19.1. The number of benzene rings is 2. The number of aldehydes is 2. The highest BCUT2D eigenvalue weighted by Crippen LogP contribution is 2.24. The zero-order valence-corrected chi connectivity index (χ0v) is 23.8. The Labute approximate surface area is 231 Å². The number of amides is 1. The molecule has 3 unspecified atom stereocenters. The Morgan fingerprint density at radius 1 is 1.13 bits per heavy atom. The monoisotopic (exact) mass is 542 g/mol. The Kier molecular flexibility index (Phi) is 13.8. The molecule has 1 amide bonds. The predicted octanol–water partition coefficient (Wildman–Crippen LogP) is 3.70. The first-order chi connectivity index (χ1) is 18.8. The number of hydrogen-bond donors (Lipinski definition) is 2. The van der Waals surface area contributed by atoms with Gasteiger partial charge < -0.3 is 29.9 Å². The molecule has 2 N–H and O–H groups in total. The molecular formula is C30H43FN4O4. The summed E-state index contributed by atoms with van der Waals surface area (Å²) in [6.07, 6.45) is 2.88. The lowest BCUT2D eigenvalue weighted by atomic mass is 10.0. The summed E-state index contributed by atoms with van der Waals surface area (Å²) in [5.41, 5.74) is 4.14. The van der Waals surface area contributed by atoms with Crippen LogP contribution in [0.15, 0.2) is 36.4 Å². The quantitative estimate of drug-likeness (QED) is 0.373. The van der Waals surface area contributed by atoms with Gasteiger partial charge in [0.25, 0.3) is 0 Å². The highest BCUT2D eigenvalue weighted by Gasteiger charge is 2.22. The minimum absolute atomic E-state index is 0.165. The van der Waals surface area contributed by atoms with E-state index in [9.17, 15) is 18.8 Å². The summed E-state index contributed by atoms with van der Waals surface area (Å²) in [6.45, 7) is 8.93. The maximum atomic E-state index is 14.7. The minimum Gasteiger partial charge on any atom is -0.381 e. The molecule has 2 aromatic rings. The molecule has 39 heavy (non-hydrogen) atoms. The lowest BCUT2D eigenvalue weighted by Crippen LogP contribution is -2.44. The number of nitrogens with zero attached hydrogens (tertiary/aromatic N) is 2. The van der Waals surface area contributed by atoms with Gasteiger partial charge in [-0.3, -0.25) is 9.69 Å². The van der Waals surface area contributed by atoms with E-state index in [0.717, 1.165) is 48.3 Å². The van der Waals surface area contributed by atoms with Gasteiger partial charge in [0.1, 0.15) is 18.4 Å². The van der Waals surface area contributed by atoms with Crippen LogP contribution in [0.25, 0.3) is 0 Å². The number of carbonyl (C=O) groups excluding carboxylic acids is 3. The average molecular weight is 543 g/mol. The van der Waals surface area contributed by atoms with Crippen LogP contribution in [0.4, 0.5) is 10.1 Å². The Balaban J connectivity index is 0.00000170. The normalized spacial score (nSPS) is 17.9. The van der Waals surface area contributed by atoms with E-state index in [1.807, 2.05) is 51.4 Å². The van der Waals surface area contributed by atoms with Gasteiger partial charge in [0.2, 0.25) is 6.41 Å². The summed E-state index contributed by atoms with van der Waals surface area (Å²) in [6, 6.07) is 10.2. The first-order valence-electron chi connectivity index (χ1n) is 13.4. The molecule has 0 aromatic heterocycles. The van der Waals surface area contributed by atoms with Crippen LogP contribution in [-0.4, -0.2) is 74.2 Å². The van der Waals surface area contributed by atoms with Gasteiger partial charge in [0.05, 0.1) is 18.2 Å². The Morgan fingerprint density at radius 3 is 2.44 bits per heavy atom. The number of hydrogen-bond acceptors (Lipinski definition) is 7. The van der Waals surface area contributed by atoms with E-state index in [1.54, 1.807) is 0 Å². The molecule has 0 aliphatic carbocycles. The second-order valence-corrected chi connectivity index (χ2v) is 10.1. The van der Waals surface area contributed by atoms with Crippen LogP contribution in [0, 0.1) is 12.7 Å². The minimum atomic E-state index is -0.681. The summed E-state index contributed by atoms with van der Waals surface area (Å²) >= 11 is 0. The number of rotatable bonds is 13. The first kappa shape index (κ1) is 32.1. The number of nitrogens with one attached hydrogen (secondary N) is 2. The Morgan fingerprint density at radius 2 is 1.82 bits per heavy atom. The van der Waals surface area contributed by atoms with Crippen molar-refractivity contribution in [3.05, 3.63) is 64.5 Å². The van der Waals surface area contributed by atoms with Gasteiger partial charge in [-0.05, 0) is 76.2 Å². The van der Waals surface area contributed by atoms with Gasteiger partial charge in [-0.15, -0.1) is 0 Å². The summed E-state index contributed by atoms with van der Waals surface area (Å²) in [4.78, 5) is 37.8. The maximum Gasteiger partial charge on any atom is 0.210 e. The van der Waals surface area contributed by atoms with Crippen molar-refractivity contribution in [1.29, 1.82) is 0 Å². The van der Waals surface area contributed by atoms with Crippen molar-refractivity contribution in [2.75, 3.05) is 32.5 Å². The van der Waals surface area contributed by atoms with Crippen LogP contribution < -0.4 is 10.6 Å². The second kappa shape index (κ2) is 16.7. The zero-order chi connectivity index (χ0) is 28.8. The maximum absolute atomic E-state index is 14.7. The van der Waals surface area contributed by atoms with E-state index >= 15 is 0 Å². The topological polar surface area (TPSA) is 91.0 Å². The molecule has 8 nitrogen and oxygen atoms in total. The largest absolute Gasteiger partial charge is 0.381 e. The van der Waals surface area contributed by atoms with Gasteiger partial charge >= 0.3 is 0 Å². The fourth-order valence-corrected chi connectivity index (χ4v) is 4.77. The third-order valence-corrected chi connectivity index (χ3v) is 6.53. The van der Waals surface area contributed by atoms with Gasteiger partial charge in [-0.1, -0.05) is 18.2 Å². The Hall–Kier alpha value is -3.14. The molecule has 3 rings (SSSR count). The molecule has 3 atom stereocenters. The van der Waals surface area contributed by atoms with E-state index in [2.05, 4.69) is 29.4 Å². The van der Waals surface area contributed by atoms with Crippen molar-refractivity contribution in [3.63, 3.8) is 0 Å². The number of carbonyl (C=O) groups is 3. The van der Waals surface area contributed by atoms with E-state index in [1.165, 1.54) is 11.0 Å². The molecule has 1 aliphatic rings. The number of anilines is 1. The molecule has 0 bridgehead atoms. The second-order valence-electron chi connectivity index (χ2n) is 10.1. The molecule has 9 heteroatoms. The summed E-state index contributed by atoms with van der Waals surface area (Å²) in [5.74, 6) is -0.284. The number of morpholine rings is 1. The van der Waals surface area contributed by atoms with Crippen molar-refractivity contribution in [2.24, 2.45) is 0 Å². The Bertz CT molecular complexity index is 1060. The van der Waals surface area contributed by atoms with Gasteiger partial charge in [-0.25, -0.2) is 4.39 Å². The van der Waals surface area contributed by atoms with Crippen molar-refractivity contribution < 1.29 is 23.5 Å². The molecule has 0 spiro atoms. The highest BCUT2D eigenvalue weighted by molar-refractivity contribution is 5.66. The third kappa shape index (κ3) is 10.2. The van der Waals surface area contributed by atoms with Crippen molar-refractivity contribution >= 4 is 24.7 Å². The van der Waals surface area contributed by atoms with E-state index in [0.29, 0.717) is 18.3 Å². The predicted molar refractivity (Wildman–Crippen MR) is 152 cm³/mol. The average Bonchev–Trinajstić information content (AvgIpc) is 2.89. The third-order valence-electron chi connectivity index (χ3n) is 6.53. The summed E-state index contributed by atoms with van der Waals surface area (Å²) in [7, 11) is 3.75. The first-order valence-corrected chi connectivity index (χ1v) is 13.4. The standard InChI is InChI=1S/C28H36FN3O4.C2H7N/c1-20-6-4-8-28(26(20)17-32(19-35)25(18-34)7-5-11-33)30-13-24-12-23(9-10-27(24)29)16-31-14-21(2)36-22(3)15-31;1-3-2/h4,6,8-12,18-19,21-22,25,30H,5,7,13-17H2,1-3H3;3H,1-2H3. The molecule has 0 saturated carbocycles. The molecule has 1 saturated heterocycles. The van der Waals surface area contributed by atoms with E-state index in [4.69, 9.17) is 4.74 Å². The summed E-state index contributed by atoms with van der Waals surface area (Å²) in [5, 5.41) is 6.08. The van der Waals surface area contributed by atoms with Crippen molar-refractivity contribution in [1.82, 2.24) is 15.1 Å². The number of halogens is 1. The molecule has 0 radical (unpaired) electrons. The lowest BCUT2D eigenvalue weighted by Gasteiger charge is -2.35. The van der Waals surface area contributed by atoms with Crippen LogP contribution in [0.1, 0.15) is 48.9 Å². The number of aryl methyl sites for hydroxylation is 1. The summed E-state index contributed by atoms with van der Waals surface area (Å²) < 4.78 is 20.5. The molecule has 214 valence electrons.